The highest BCUT2D eigenvalue weighted by atomic mass is 32.2. The van der Waals surface area contributed by atoms with Crippen molar-refractivity contribution in [3.8, 4) is 0 Å². The molecule has 0 radical (unpaired) electrons. The topological polar surface area (TPSA) is 83.6 Å². The van der Waals surface area contributed by atoms with Gasteiger partial charge in [-0.1, -0.05) is 0 Å². The molecule has 0 aromatic heterocycles. The van der Waals surface area contributed by atoms with E-state index < -0.39 is 5.60 Å². The molecule has 2 amide bonds. The Balaban J connectivity index is 2.27. The Morgan fingerprint density at radius 2 is 2.11 bits per heavy atom. The molecule has 3 N–H and O–H groups in total. The number of likely N-dealkylation sites (tertiary alicyclic amines) is 1. The van der Waals surface area contributed by atoms with Crippen molar-refractivity contribution in [3.05, 3.63) is 0 Å². The normalized spacial score (nSPS) is 24.7. The molecule has 1 unspecified atom stereocenters. The third kappa shape index (κ3) is 5.73. The number of thioether (sulfide) groups is 1. The van der Waals surface area contributed by atoms with Crippen LogP contribution in [0, 0.1) is 0 Å². The molecule has 18 heavy (non-hydrogen) atoms. The number of amides is 2. The Labute approximate surface area is 112 Å². The van der Waals surface area contributed by atoms with E-state index in [4.69, 9.17) is 5.73 Å². The average molecular weight is 274 g/mol. The van der Waals surface area contributed by atoms with E-state index in [-0.39, 0.29) is 17.6 Å². The van der Waals surface area contributed by atoms with Crippen molar-refractivity contribution in [1.29, 1.82) is 0 Å². The van der Waals surface area contributed by atoms with Gasteiger partial charge in [-0.3, -0.25) is 9.59 Å². The summed E-state index contributed by atoms with van der Waals surface area (Å²) in [4.78, 5) is 24.3. The van der Waals surface area contributed by atoms with Gasteiger partial charge < -0.3 is 15.7 Å². The molecule has 1 fully saturated rings. The van der Waals surface area contributed by atoms with Crippen molar-refractivity contribution in [3.63, 3.8) is 0 Å². The third-order valence-corrected chi connectivity index (χ3v) is 4.10. The summed E-state index contributed by atoms with van der Waals surface area (Å²) in [7, 11) is 0. The molecular weight excluding hydrogens is 252 g/mol. The fourth-order valence-electron chi connectivity index (χ4n) is 2.00. The molecule has 0 bridgehead atoms. The van der Waals surface area contributed by atoms with Gasteiger partial charge in [-0.05, 0) is 26.2 Å². The van der Waals surface area contributed by atoms with Crippen molar-refractivity contribution in [1.82, 2.24) is 4.90 Å². The molecule has 104 valence electrons. The van der Waals surface area contributed by atoms with E-state index in [1.807, 2.05) is 11.8 Å². The van der Waals surface area contributed by atoms with E-state index in [2.05, 4.69) is 0 Å². The second-order valence-corrected chi connectivity index (χ2v) is 6.11. The molecule has 0 spiro atoms. The minimum Gasteiger partial charge on any atom is -0.390 e. The van der Waals surface area contributed by atoms with Crippen LogP contribution in [0.5, 0.6) is 0 Å². The molecule has 0 aliphatic carbocycles. The highest BCUT2D eigenvalue weighted by Gasteiger charge is 2.26. The van der Waals surface area contributed by atoms with Crippen molar-refractivity contribution < 1.29 is 14.7 Å². The molecule has 6 heteroatoms. The van der Waals surface area contributed by atoms with Gasteiger partial charge in [-0.15, -0.1) is 0 Å². The lowest BCUT2D eigenvalue weighted by Gasteiger charge is -2.22. The molecule has 1 aliphatic heterocycles. The van der Waals surface area contributed by atoms with Crippen molar-refractivity contribution in [2.75, 3.05) is 24.6 Å². The summed E-state index contributed by atoms with van der Waals surface area (Å²) < 4.78 is 0. The second-order valence-electron chi connectivity index (χ2n) is 5.00. The standard InChI is InChI=1S/C12H22N2O3S/c1-12(17)4-2-6-14(7-5-12)11(16)3-8-18-9-10(13)15/h17H,2-9H2,1H3,(H2,13,15). The number of aliphatic hydroxyl groups is 1. The van der Waals surface area contributed by atoms with Crippen molar-refractivity contribution in [2.45, 2.75) is 38.2 Å². The lowest BCUT2D eigenvalue weighted by atomic mass is 9.98. The molecule has 0 aromatic carbocycles. The third-order valence-electron chi connectivity index (χ3n) is 3.12. The van der Waals surface area contributed by atoms with Crippen LogP contribution in [0.15, 0.2) is 0 Å². The number of hydrogen-bond donors (Lipinski definition) is 2. The highest BCUT2D eigenvalue weighted by Crippen LogP contribution is 2.21. The van der Waals surface area contributed by atoms with E-state index >= 15 is 0 Å². The van der Waals surface area contributed by atoms with Crippen LogP contribution < -0.4 is 5.73 Å². The number of rotatable bonds is 5. The van der Waals surface area contributed by atoms with Gasteiger partial charge in [0.1, 0.15) is 0 Å². The number of carbonyl (C=O) groups excluding carboxylic acids is 2. The van der Waals surface area contributed by atoms with Gasteiger partial charge in [0.05, 0.1) is 11.4 Å². The Kier molecular flexibility index (Phi) is 5.95. The van der Waals surface area contributed by atoms with Crippen LogP contribution >= 0.6 is 11.8 Å². The first kappa shape index (κ1) is 15.3. The van der Waals surface area contributed by atoms with E-state index in [1.165, 1.54) is 11.8 Å². The average Bonchev–Trinajstić information content (AvgIpc) is 2.45. The monoisotopic (exact) mass is 274 g/mol. The van der Waals surface area contributed by atoms with E-state index in [0.717, 1.165) is 19.4 Å². The number of nitrogens with two attached hydrogens (primary N) is 1. The maximum atomic E-state index is 11.9. The van der Waals surface area contributed by atoms with Crippen LogP contribution in [-0.4, -0.2) is 52.0 Å². The molecule has 0 saturated carbocycles. The molecule has 1 rings (SSSR count). The Morgan fingerprint density at radius 3 is 2.78 bits per heavy atom. The summed E-state index contributed by atoms with van der Waals surface area (Å²) in [5.74, 6) is 0.638. The van der Waals surface area contributed by atoms with Crippen molar-refractivity contribution >= 4 is 23.6 Å². The Bertz CT molecular complexity index is 308. The summed E-state index contributed by atoms with van der Waals surface area (Å²) in [6, 6.07) is 0. The van der Waals surface area contributed by atoms with Gasteiger partial charge in [0, 0.05) is 25.3 Å². The van der Waals surface area contributed by atoms with Gasteiger partial charge in [0.15, 0.2) is 0 Å². The van der Waals surface area contributed by atoms with E-state index in [0.29, 0.717) is 25.1 Å². The van der Waals surface area contributed by atoms with Crippen LogP contribution in [0.25, 0.3) is 0 Å². The molecule has 1 atom stereocenters. The first-order chi connectivity index (χ1) is 8.41. The maximum Gasteiger partial charge on any atom is 0.227 e. The lowest BCUT2D eigenvalue weighted by Crippen LogP contribution is -2.33. The predicted octanol–water partition coefficient (Wildman–Crippen LogP) is 0.359. The van der Waals surface area contributed by atoms with Gasteiger partial charge in [-0.25, -0.2) is 0 Å². The molecule has 0 aromatic rings. The Morgan fingerprint density at radius 1 is 1.39 bits per heavy atom. The largest absolute Gasteiger partial charge is 0.390 e. The zero-order valence-corrected chi connectivity index (χ0v) is 11.7. The molecule has 1 heterocycles. The quantitative estimate of drug-likeness (QED) is 0.709. The number of nitrogens with zero attached hydrogens (tertiary/aromatic N) is 1. The fourth-order valence-corrected chi connectivity index (χ4v) is 2.67. The molecule has 1 saturated heterocycles. The number of hydrogen-bond acceptors (Lipinski definition) is 4. The maximum absolute atomic E-state index is 11.9. The summed E-state index contributed by atoms with van der Waals surface area (Å²) >= 11 is 1.39. The predicted molar refractivity (Wildman–Crippen MR) is 72.2 cm³/mol. The minimum atomic E-state index is -0.643. The highest BCUT2D eigenvalue weighted by molar-refractivity contribution is 7.99. The van der Waals surface area contributed by atoms with Crippen LogP contribution in [0.3, 0.4) is 0 Å². The second kappa shape index (κ2) is 6.99. The van der Waals surface area contributed by atoms with Gasteiger partial charge in [0.2, 0.25) is 11.8 Å². The molecular formula is C12H22N2O3S. The first-order valence-electron chi connectivity index (χ1n) is 6.27. The number of primary amides is 1. The summed E-state index contributed by atoms with van der Waals surface area (Å²) in [5.41, 5.74) is 4.38. The van der Waals surface area contributed by atoms with Crippen molar-refractivity contribution in [2.24, 2.45) is 5.73 Å². The summed E-state index contributed by atoms with van der Waals surface area (Å²) in [5, 5.41) is 9.94. The van der Waals surface area contributed by atoms with Crippen LogP contribution in [-0.2, 0) is 9.59 Å². The molecule has 1 aliphatic rings. The number of carbonyl (C=O) groups is 2. The van der Waals surface area contributed by atoms with E-state index in [1.54, 1.807) is 0 Å². The minimum absolute atomic E-state index is 0.102. The fraction of sp³-hybridized carbons (Fsp3) is 0.833. The SMILES string of the molecule is CC1(O)CCCN(C(=O)CCSCC(N)=O)CC1. The van der Waals surface area contributed by atoms with Crippen LogP contribution in [0.4, 0.5) is 0 Å². The smallest absolute Gasteiger partial charge is 0.227 e. The first-order valence-corrected chi connectivity index (χ1v) is 7.42. The van der Waals surface area contributed by atoms with Crippen LogP contribution in [0.1, 0.15) is 32.6 Å². The van der Waals surface area contributed by atoms with E-state index in [9.17, 15) is 14.7 Å². The Hall–Kier alpha value is -0.750. The van der Waals surface area contributed by atoms with Crippen LogP contribution in [0.2, 0.25) is 0 Å². The lowest BCUT2D eigenvalue weighted by molar-refractivity contribution is -0.130. The van der Waals surface area contributed by atoms with Gasteiger partial charge >= 0.3 is 0 Å². The zero-order valence-electron chi connectivity index (χ0n) is 10.9. The molecule has 5 nitrogen and oxygen atoms in total. The zero-order chi connectivity index (χ0) is 13.6. The summed E-state index contributed by atoms with van der Waals surface area (Å²) in [6.07, 6.45) is 2.65. The van der Waals surface area contributed by atoms with Gasteiger partial charge in [0.25, 0.3) is 0 Å². The van der Waals surface area contributed by atoms with Gasteiger partial charge in [-0.2, -0.15) is 11.8 Å². The summed E-state index contributed by atoms with van der Waals surface area (Å²) in [6.45, 7) is 3.16.